The van der Waals surface area contributed by atoms with Crippen LogP contribution < -0.4 is 10.9 Å². The molecule has 3 aromatic rings. The van der Waals surface area contributed by atoms with E-state index in [0.717, 1.165) is 0 Å². The zero-order valence-electron chi connectivity index (χ0n) is 11.0. The lowest BCUT2D eigenvalue weighted by molar-refractivity contribution is 0.0696. The Hall–Kier alpha value is -3.16. The van der Waals surface area contributed by atoms with Crippen molar-refractivity contribution < 1.29 is 9.90 Å². The number of aromatic amines is 1. The van der Waals surface area contributed by atoms with Gasteiger partial charge in [0.1, 0.15) is 17.5 Å². The molecule has 0 aliphatic rings. The molecule has 3 heterocycles. The monoisotopic (exact) mass is 285 g/mol. The Bertz CT molecular complexity index is 896. The molecule has 8 heteroatoms. The molecule has 0 unspecified atom stereocenters. The summed E-state index contributed by atoms with van der Waals surface area (Å²) in [6.45, 7) is 1.67. The molecule has 0 radical (unpaired) electrons. The maximum Gasteiger partial charge on any atom is 0.337 e. The molecule has 8 nitrogen and oxygen atoms in total. The van der Waals surface area contributed by atoms with Crippen LogP contribution in [0.5, 0.6) is 0 Å². The van der Waals surface area contributed by atoms with Crippen LogP contribution in [0.1, 0.15) is 15.9 Å². The average Bonchev–Trinajstić information content (AvgIpc) is 2.80. The van der Waals surface area contributed by atoms with Crippen LogP contribution in [0.4, 0.5) is 11.5 Å². The van der Waals surface area contributed by atoms with Gasteiger partial charge in [-0.2, -0.15) is 5.10 Å². The van der Waals surface area contributed by atoms with Crippen molar-refractivity contribution in [1.29, 1.82) is 0 Å². The van der Waals surface area contributed by atoms with E-state index in [-0.39, 0.29) is 11.1 Å². The SMILES string of the molecule is Cc1c(C(=O)O)cn2ncnc(Nc3ccc[nH]c3=O)c12. The Morgan fingerprint density at radius 2 is 2.29 bits per heavy atom. The fourth-order valence-corrected chi connectivity index (χ4v) is 2.12. The quantitative estimate of drug-likeness (QED) is 0.665. The zero-order chi connectivity index (χ0) is 15.0. The number of pyridine rings is 1. The van der Waals surface area contributed by atoms with Crippen molar-refractivity contribution in [2.45, 2.75) is 6.92 Å². The summed E-state index contributed by atoms with van der Waals surface area (Å²) < 4.78 is 1.42. The van der Waals surface area contributed by atoms with Crippen LogP contribution in [0, 0.1) is 6.92 Å². The maximum atomic E-state index is 11.7. The molecule has 0 fully saturated rings. The van der Waals surface area contributed by atoms with Crippen molar-refractivity contribution >= 4 is 23.0 Å². The van der Waals surface area contributed by atoms with Gasteiger partial charge in [-0.05, 0) is 24.6 Å². The third-order valence-corrected chi connectivity index (χ3v) is 3.13. The predicted octanol–water partition coefficient (Wildman–Crippen LogP) is 1.17. The number of nitrogens with zero attached hydrogens (tertiary/aromatic N) is 3. The van der Waals surface area contributed by atoms with E-state index in [9.17, 15) is 9.59 Å². The molecule has 3 N–H and O–H groups in total. The number of rotatable bonds is 3. The Labute approximate surface area is 118 Å². The number of hydrogen-bond acceptors (Lipinski definition) is 5. The third kappa shape index (κ3) is 2.12. The molecule has 0 saturated carbocycles. The van der Waals surface area contributed by atoms with Gasteiger partial charge in [0, 0.05) is 12.4 Å². The lowest BCUT2D eigenvalue weighted by Gasteiger charge is -2.06. The standard InChI is InChI=1S/C13H11N5O3/c1-7-8(13(20)21)5-18-10(7)11(15-6-16-18)17-9-3-2-4-14-12(9)19/h2-6H,1H3,(H,14,19)(H,20,21)(H,15,16,17). The maximum absolute atomic E-state index is 11.7. The first kappa shape index (κ1) is 12.9. The van der Waals surface area contributed by atoms with E-state index in [2.05, 4.69) is 20.4 Å². The van der Waals surface area contributed by atoms with Crippen LogP contribution in [-0.2, 0) is 0 Å². The summed E-state index contributed by atoms with van der Waals surface area (Å²) in [5, 5.41) is 16.0. The summed E-state index contributed by atoms with van der Waals surface area (Å²) in [5.41, 5.74) is 1.20. The van der Waals surface area contributed by atoms with E-state index in [4.69, 9.17) is 5.11 Å². The van der Waals surface area contributed by atoms with E-state index in [0.29, 0.717) is 22.6 Å². The number of carboxylic acids is 1. The Kier molecular flexibility index (Phi) is 2.90. The zero-order valence-corrected chi connectivity index (χ0v) is 11.0. The minimum absolute atomic E-state index is 0.139. The molecule has 106 valence electrons. The summed E-state index contributed by atoms with van der Waals surface area (Å²) in [5.74, 6) is -0.673. The number of anilines is 2. The number of fused-ring (bicyclic) bond motifs is 1. The van der Waals surface area contributed by atoms with E-state index in [1.54, 1.807) is 19.1 Å². The molecular weight excluding hydrogens is 274 g/mol. The molecule has 21 heavy (non-hydrogen) atoms. The normalized spacial score (nSPS) is 10.7. The molecule has 0 aliphatic heterocycles. The molecule has 0 aliphatic carbocycles. The van der Waals surface area contributed by atoms with Crippen molar-refractivity contribution in [2.75, 3.05) is 5.32 Å². The van der Waals surface area contributed by atoms with Gasteiger partial charge in [-0.25, -0.2) is 14.3 Å². The van der Waals surface area contributed by atoms with Gasteiger partial charge in [-0.3, -0.25) is 4.79 Å². The van der Waals surface area contributed by atoms with Gasteiger partial charge in [-0.1, -0.05) is 0 Å². The number of aromatic carboxylic acids is 1. The minimum atomic E-state index is -1.04. The lowest BCUT2D eigenvalue weighted by Crippen LogP contribution is -2.11. The van der Waals surface area contributed by atoms with Crippen LogP contribution in [0.15, 0.2) is 35.6 Å². The minimum Gasteiger partial charge on any atom is -0.478 e. The van der Waals surface area contributed by atoms with Gasteiger partial charge in [0.2, 0.25) is 0 Å². The summed E-state index contributed by atoms with van der Waals surface area (Å²) in [4.78, 5) is 29.5. The highest BCUT2D eigenvalue weighted by Crippen LogP contribution is 2.24. The molecule has 0 bridgehead atoms. The smallest absolute Gasteiger partial charge is 0.337 e. The van der Waals surface area contributed by atoms with Crippen LogP contribution >= 0.6 is 0 Å². The van der Waals surface area contributed by atoms with Gasteiger partial charge in [0.05, 0.1) is 5.56 Å². The number of H-pyrrole nitrogens is 1. The molecule has 0 saturated heterocycles. The summed E-state index contributed by atoms with van der Waals surface area (Å²) in [6, 6.07) is 3.28. The fourth-order valence-electron chi connectivity index (χ4n) is 2.12. The van der Waals surface area contributed by atoms with Gasteiger partial charge in [0.15, 0.2) is 5.82 Å². The first-order valence-corrected chi connectivity index (χ1v) is 6.09. The summed E-state index contributed by atoms with van der Waals surface area (Å²) in [6.07, 6.45) is 4.22. The fraction of sp³-hybridized carbons (Fsp3) is 0.0769. The van der Waals surface area contributed by atoms with Crippen molar-refractivity contribution in [1.82, 2.24) is 19.6 Å². The van der Waals surface area contributed by atoms with Crippen LogP contribution in [0.25, 0.3) is 5.52 Å². The number of aromatic nitrogens is 4. The first-order chi connectivity index (χ1) is 10.1. The van der Waals surface area contributed by atoms with Gasteiger partial charge < -0.3 is 15.4 Å². The third-order valence-electron chi connectivity index (χ3n) is 3.13. The molecule has 3 aromatic heterocycles. The Morgan fingerprint density at radius 3 is 3.00 bits per heavy atom. The second kappa shape index (κ2) is 4.75. The largest absolute Gasteiger partial charge is 0.478 e. The Balaban J connectivity index is 2.17. The lowest BCUT2D eigenvalue weighted by atomic mass is 10.2. The molecule has 0 atom stereocenters. The summed E-state index contributed by atoms with van der Waals surface area (Å²) in [7, 11) is 0. The number of hydrogen-bond donors (Lipinski definition) is 3. The van der Waals surface area contributed by atoms with Crippen LogP contribution in [0.2, 0.25) is 0 Å². The van der Waals surface area contributed by atoms with Gasteiger partial charge >= 0.3 is 5.97 Å². The van der Waals surface area contributed by atoms with E-state index < -0.39 is 5.97 Å². The second-order valence-corrected chi connectivity index (χ2v) is 4.41. The Morgan fingerprint density at radius 1 is 1.48 bits per heavy atom. The molecule has 3 rings (SSSR count). The van der Waals surface area contributed by atoms with Crippen LogP contribution in [-0.4, -0.2) is 30.7 Å². The highest BCUT2D eigenvalue weighted by molar-refractivity contribution is 5.94. The number of carbonyl (C=O) groups is 1. The van der Waals surface area contributed by atoms with Crippen molar-refractivity contribution in [3.05, 3.63) is 52.3 Å². The topological polar surface area (TPSA) is 112 Å². The highest BCUT2D eigenvalue weighted by atomic mass is 16.4. The van der Waals surface area contributed by atoms with E-state index in [1.807, 2.05) is 0 Å². The average molecular weight is 285 g/mol. The highest BCUT2D eigenvalue weighted by Gasteiger charge is 2.17. The second-order valence-electron chi connectivity index (χ2n) is 4.41. The molecule has 0 amide bonds. The molecule has 0 aromatic carbocycles. The number of carboxylic acid groups (broad SMARTS) is 1. The van der Waals surface area contributed by atoms with Crippen molar-refractivity contribution in [2.24, 2.45) is 0 Å². The molecular formula is C13H11N5O3. The summed E-state index contributed by atoms with van der Waals surface area (Å²) >= 11 is 0. The van der Waals surface area contributed by atoms with Crippen molar-refractivity contribution in [3.63, 3.8) is 0 Å². The van der Waals surface area contributed by atoms with E-state index >= 15 is 0 Å². The number of aryl methyl sites for hydroxylation is 1. The van der Waals surface area contributed by atoms with E-state index in [1.165, 1.54) is 23.2 Å². The first-order valence-electron chi connectivity index (χ1n) is 6.09. The van der Waals surface area contributed by atoms with Crippen molar-refractivity contribution in [3.8, 4) is 0 Å². The predicted molar refractivity (Wildman–Crippen MR) is 75.0 cm³/mol. The van der Waals surface area contributed by atoms with Crippen LogP contribution in [0.3, 0.4) is 0 Å². The number of nitrogens with one attached hydrogen (secondary N) is 2. The van der Waals surface area contributed by atoms with Gasteiger partial charge in [-0.15, -0.1) is 0 Å². The molecule has 0 spiro atoms. The van der Waals surface area contributed by atoms with Gasteiger partial charge in [0.25, 0.3) is 5.56 Å².